The van der Waals surface area contributed by atoms with Crippen LogP contribution in [0.3, 0.4) is 0 Å². The number of hydrogen-bond acceptors (Lipinski definition) is 4. The predicted molar refractivity (Wildman–Crippen MR) is 110 cm³/mol. The fraction of sp³-hybridized carbons (Fsp3) is 0.238. The lowest BCUT2D eigenvalue weighted by Gasteiger charge is -2.09. The Bertz CT molecular complexity index is 905. The molecule has 146 valence electrons. The first-order chi connectivity index (χ1) is 13.7. The van der Waals surface area contributed by atoms with Gasteiger partial charge in [-0.2, -0.15) is 5.10 Å². The molecule has 3 aromatic rings. The fourth-order valence-corrected chi connectivity index (χ4v) is 2.78. The molecule has 0 aliphatic carbocycles. The van der Waals surface area contributed by atoms with Crippen LogP contribution in [0.4, 0.5) is 0 Å². The lowest BCUT2D eigenvalue weighted by molar-refractivity contribution is 0.354. The number of methoxy groups -OCH3 is 2. The van der Waals surface area contributed by atoms with Crippen LogP contribution in [-0.4, -0.2) is 36.5 Å². The van der Waals surface area contributed by atoms with Gasteiger partial charge in [0, 0.05) is 18.9 Å². The number of nitrogens with one attached hydrogen (secondary N) is 1. The molecule has 1 heterocycles. The molecule has 3 N–H and O–H groups in total. The maximum atomic E-state index is 5.97. The highest BCUT2D eigenvalue weighted by Gasteiger charge is 2.04. The molecule has 3 rings (SSSR count). The van der Waals surface area contributed by atoms with Crippen LogP contribution < -0.4 is 20.5 Å². The second-order valence-electron chi connectivity index (χ2n) is 6.18. The molecule has 7 nitrogen and oxygen atoms in total. The van der Waals surface area contributed by atoms with Gasteiger partial charge in [0.15, 0.2) is 17.5 Å². The third-order valence-corrected chi connectivity index (χ3v) is 4.31. The largest absolute Gasteiger partial charge is 0.493 e. The van der Waals surface area contributed by atoms with E-state index >= 15 is 0 Å². The first-order valence-corrected chi connectivity index (χ1v) is 9.03. The van der Waals surface area contributed by atoms with E-state index in [2.05, 4.69) is 39.7 Å². The molecule has 2 aromatic carbocycles. The Hall–Kier alpha value is -3.48. The number of guanidine groups is 1. The summed E-state index contributed by atoms with van der Waals surface area (Å²) < 4.78 is 12.4. The zero-order valence-corrected chi connectivity index (χ0v) is 16.1. The van der Waals surface area contributed by atoms with Crippen LogP contribution in [0.25, 0.3) is 5.69 Å². The van der Waals surface area contributed by atoms with Crippen LogP contribution >= 0.6 is 0 Å². The van der Waals surface area contributed by atoms with E-state index in [1.54, 1.807) is 20.4 Å². The molecule has 0 aliphatic rings. The summed E-state index contributed by atoms with van der Waals surface area (Å²) >= 11 is 0. The Balaban J connectivity index is 1.48. The van der Waals surface area contributed by atoms with Crippen molar-refractivity contribution in [3.8, 4) is 17.2 Å². The number of hydrogen-bond donors (Lipinski definition) is 2. The summed E-state index contributed by atoms with van der Waals surface area (Å²) in [7, 11) is 3.23. The minimum atomic E-state index is 0.419. The molecule has 7 heteroatoms. The third kappa shape index (κ3) is 5.03. The summed E-state index contributed by atoms with van der Waals surface area (Å²) in [5.74, 6) is 1.79. The van der Waals surface area contributed by atoms with Crippen LogP contribution in [0.1, 0.15) is 11.1 Å². The molecule has 0 bridgehead atoms. The van der Waals surface area contributed by atoms with E-state index in [9.17, 15) is 0 Å². The maximum Gasteiger partial charge on any atom is 0.188 e. The van der Waals surface area contributed by atoms with Gasteiger partial charge < -0.3 is 20.5 Å². The lowest BCUT2D eigenvalue weighted by atomic mass is 10.1. The molecule has 0 spiro atoms. The predicted octanol–water partition coefficient (Wildman–Crippen LogP) is 2.54. The summed E-state index contributed by atoms with van der Waals surface area (Å²) in [5, 5.41) is 7.37. The van der Waals surface area contributed by atoms with Crippen LogP contribution in [0.15, 0.2) is 65.9 Å². The normalized spacial score (nSPS) is 11.3. The van der Waals surface area contributed by atoms with Gasteiger partial charge in [0.2, 0.25) is 0 Å². The summed E-state index contributed by atoms with van der Waals surface area (Å²) in [6, 6.07) is 15.9. The van der Waals surface area contributed by atoms with Crippen LogP contribution in [0.5, 0.6) is 11.5 Å². The van der Waals surface area contributed by atoms with Gasteiger partial charge in [0.25, 0.3) is 0 Å². The highest BCUT2D eigenvalue weighted by molar-refractivity contribution is 5.77. The summed E-state index contributed by atoms with van der Waals surface area (Å²) in [6.07, 6.45) is 4.54. The first-order valence-electron chi connectivity index (χ1n) is 9.03. The highest BCUT2D eigenvalue weighted by atomic mass is 16.5. The average molecular weight is 379 g/mol. The lowest BCUT2D eigenvalue weighted by Crippen LogP contribution is -2.33. The second kappa shape index (κ2) is 9.45. The van der Waals surface area contributed by atoms with Crippen molar-refractivity contribution in [3.05, 3.63) is 72.1 Å². The smallest absolute Gasteiger partial charge is 0.188 e. The van der Waals surface area contributed by atoms with Gasteiger partial charge in [-0.3, -0.25) is 0 Å². The van der Waals surface area contributed by atoms with Crippen molar-refractivity contribution >= 4 is 5.96 Å². The Labute approximate surface area is 164 Å². The van der Waals surface area contributed by atoms with Gasteiger partial charge in [0.1, 0.15) is 0 Å². The van der Waals surface area contributed by atoms with Crippen LogP contribution in [0, 0.1) is 0 Å². The van der Waals surface area contributed by atoms with E-state index in [1.807, 2.05) is 35.1 Å². The van der Waals surface area contributed by atoms with Gasteiger partial charge >= 0.3 is 0 Å². The molecule has 0 amide bonds. The van der Waals surface area contributed by atoms with Crippen molar-refractivity contribution < 1.29 is 9.47 Å². The van der Waals surface area contributed by atoms with Crippen molar-refractivity contribution in [1.29, 1.82) is 0 Å². The van der Waals surface area contributed by atoms with Gasteiger partial charge in [-0.1, -0.05) is 18.2 Å². The topological polar surface area (TPSA) is 86.7 Å². The zero-order chi connectivity index (χ0) is 19.8. The van der Waals surface area contributed by atoms with E-state index in [0.717, 1.165) is 17.7 Å². The minimum absolute atomic E-state index is 0.419. The summed E-state index contributed by atoms with van der Waals surface area (Å²) in [5.41, 5.74) is 9.23. The average Bonchev–Trinajstić information content (AvgIpc) is 3.27. The molecule has 0 fully saturated rings. The molecule has 0 saturated carbocycles. The van der Waals surface area contributed by atoms with Gasteiger partial charge in [-0.15, -0.1) is 0 Å². The van der Waals surface area contributed by atoms with Crippen molar-refractivity contribution in [2.45, 2.75) is 13.0 Å². The number of aromatic nitrogens is 2. The van der Waals surface area contributed by atoms with E-state index in [4.69, 9.17) is 15.2 Å². The summed E-state index contributed by atoms with van der Waals surface area (Å²) in [4.78, 5) is 4.38. The second-order valence-corrected chi connectivity index (χ2v) is 6.18. The van der Waals surface area contributed by atoms with E-state index in [0.29, 0.717) is 30.5 Å². The standard InChI is InChI=1S/C21H25N5O2/c1-27-19-9-6-17(14-20(19)28-2)15-24-21(22)23-12-10-16-4-7-18(8-5-16)26-13-3-11-25-26/h3-9,11,13-14H,10,12,15H2,1-2H3,(H3,22,23,24). The molecule has 0 aliphatic heterocycles. The number of rotatable bonds is 8. The molecule has 28 heavy (non-hydrogen) atoms. The van der Waals surface area contributed by atoms with Crippen molar-refractivity contribution in [1.82, 2.24) is 15.1 Å². The minimum Gasteiger partial charge on any atom is -0.493 e. The number of nitrogens with two attached hydrogens (primary N) is 1. The van der Waals surface area contributed by atoms with Crippen LogP contribution in [0.2, 0.25) is 0 Å². The molecule has 1 aromatic heterocycles. The molecule has 0 atom stereocenters. The number of benzene rings is 2. The summed E-state index contributed by atoms with van der Waals surface area (Å²) in [6.45, 7) is 1.18. The van der Waals surface area contributed by atoms with E-state index in [1.165, 1.54) is 5.56 Å². The Morgan fingerprint density at radius 2 is 1.82 bits per heavy atom. The third-order valence-electron chi connectivity index (χ3n) is 4.31. The van der Waals surface area contributed by atoms with Gasteiger partial charge in [-0.05, 0) is 47.9 Å². The van der Waals surface area contributed by atoms with E-state index in [-0.39, 0.29) is 0 Å². The Morgan fingerprint density at radius 3 is 2.50 bits per heavy atom. The van der Waals surface area contributed by atoms with Gasteiger partial charge in [0.05, 0.1) is 26.5 Å². The number of ether oxygens (including phenoxy) is 2. The Kier molecular flexibility index (Phi) is 6.51. The number of nitrogens with zero attached hydrogens (tertiary/aromatic N) is 3. The van der Waals surface area contributed by atoms with Crippen molar-refractivity contribution in [2.24, 2.45) is 10.7 Å². The van der Waals surface area contributed by atoms with Crippen molar-refractivity contribution in [2.75, 3.05) is 20.8 Å². The SMILES string of the molecule is COc1ccc(CN=C(N)NCCc2ccc(-n3cccn3)cc2)cc1OC. The zero-order valence-electron chi connectivity index (χ0n) is 16.1. The monoisotopic (exact) mass is 379 g/mol. The fourth-order valence-electron chi connectivity index (χ4n) is 2.78. The quantitative estimate of drug-likeness (QED) is 0.464. The number of aliphatic imine (C=N–C) groups is 1. The molecule has 0 radical (unpaired) electrons. The van der Waals surface area contributed by atoms with Crippen LogP contribution in [-0.2, 0) is 13.0 Å². The maximum absolute atomic E-state index is 5.97. The Morgan fingerprint density at radius 1 is 1.07 bits per heavy atom. The first kappa shape index (κ1) is 19.3. The molecule has 0 unspecified atom stereocenters. The van der Waals surface area contributed by atoms with Crippen molar-refractivity contribution in [3.63, 3.8) is 0 Å². The highest BCUT2D eigenvalue weighted by Crippen LogP contribution is 2.27. The molecular formula is C21H25N5O2. The molecular weight excluding hydrogens is 354 g/mol. The van der Waals surface area contributed by atoms with E-state index < -0.39 is 0 Å². The molecule has 0 saturated heterocycles. The van der Waals surface area contributed by atoms with Gasteiger partial charge in [-0.25, -0.2) is 9.67 Å².